The molecule has 0 aliphatic carbocycles. The third kappa shape index (κ3) is 2.42. The SMILES string of the molecule is O=C(N[C@@H]1CCN2CCCC[C@H]12)c1cc(Cl)c2c(c1)OCO2. The van der Waals surface area contributed by atoms with Gasteiger partial charge in [0.05, 0.1) is 5.02 Å². The lowest BCUT2D eigenvalue weighted by atomic mass is 9.99. The van der Waals surface area contributed by atoms with Gasteiger partial charge in [-0.2, -0.15) is 0 Å². The van der Waals surface area contributed by atoms with Crippen LogP contribution in [-0.2, 0) is 0 Å². The van der Waals surface area contributed by atoms with Crippen molar-refractivity contribution in [2.75, 3.05) is 19.9 Å². The fourth-order valence-corrected chi connectivity index (χ4v) is 4.03. The van der Waals surface area contributed by atoms with E-state index in [4.69, 9.17) is 21.1 Å². The largest absolute Gasteiger partial charge is 0.454 e. The highest BCUT2D eigenvalue weighted by Gasteiger charge is 2.36. The second-order valence-electron chi connectivity index (χ2n) is 6.16. The van der Waals surface area contributed by atoms with E-state index < -0.39 is 0 Å². The summed E-state index contributed by atoms with van der Waals surface area (Å²) < 4.78 is 10.6. The summed E-state index contributed by atoms with van der Waals surface area (Å²) in [7, 11) is 0. The molecule has 0 bridgehead atoms. The third-order valence-electron chi connectivity index (χ3n) is 4.86. The quantitative estimate of drug-likeness (QED) is 0.908. The van der Waals surface area contributed by atoms with Gasteiger partial charge >= 0.3 is 0 Å². The molecule has 2 atom stereocenters. The van der Waals surface area contributed by atoms with Crippen LogP contribution in [0.15, 0.2) is 12.1 Å². The molecule has 1 N–H and O–H groups in total. The zero-order valence-corrected chi connectivity index (χ0v) is 13.1. The molecule has 0 aromatic heterocycles. The van der Waals surface area contributed by atoms with Crippen molar-refractivity contribution in [1.82, 2.24) is 10.2 Å². The number of halogens is 1. The van der Waals surface area contributed by atoms with Gasteiger partial charge in [0.2, 0.25) is 6.79 Å². The molecule has 6 heteroatoms. The molecule has 1 aromatic rings. The molecule has 5 nitrogen and oxygen atoms in total. The van der Waals surface area contributed by atoms with Crippen molar-refractivity contribution in [3.8, 4) is 11.5 Å². The van der Waals surface area contributed by atoms with Crippen molar-refractivity contribution in [3.05, 3.63) is 22.7 Å². The number of fused-ring (bicyclic) bond motifs is 2. The number of piperidine rings is 1. The molecule has 0 radical (unpaired) electrons. The first-order chi connectivity index (χ1) is 10.7. The van der Waals surface area contributed by atoms with Crippen molar-refractivity contribution in [2.45, 2.75) is 37.8 Å². The summed E-state index contributed by atoms with van der Waals surface area (Å²) in [5.41, 5.74) is 0.531. The number of hydrogen-bond donors (Lipinski definition) is 1. The van der Waals surface area contributed by atoms with Crippen LogP contribution < -0.4 is 14.8 Å². The van der Waals surface area contributed by atoms with Gasteiger partial charge in [-0.3, -0.25) is 9.69 Å². The Morgan fingerprint density at radius 2 is 2.14 bits per heavy atom. The van der Waals surface area contributed by atoms with Crippen molar-refractivity contribution in [1.29, 1.82) is 0 Å². The first-order valence-corrected chi connectivity index (χ1v) is 8.24. The number of ether oxygens (including phenoxy) is 2. The molecule has 118 valence electrons. The fraction of sp³-hybridized carbons (Fsp3) is 0.562. The van der Waals surface area contributed by atoms with E-state index >= 15 is 0 Å². The van der Waals surface area contributed by atoms with Gasteiger partial charge in [-0.1, -0.05) is 18.0 Å². The molecule has 1 amide bonds. The Balaban J connectivity index is 1.49. The van der Waals surface area contributed by atoms with Gasteiger partial charge in [-0.25, -0.2) is 0 Å². The van der Waals surface area contributed by atoms with E-state index in [1.54, 1.807) is 12.1 Å². The predicted molar refractivity (Wildman–Crippen MR) is 82.7 cm³/mol. The standard InChI is InChI=1S/C16H19ClN2O3/c17-11-7-10(8-14-15(11)22-9-21-14)16(20)18-12-4-6-19-5-2-1-3-13(12)19/h7-8,12-13H,1-6,9H2,(H,18,20)/t12-,13-/m1/s1. The Kier molecular flexibility index (Phi) is 3.62. The summed E-state index contributed by atoms with van der Waals surface area (Å²) in [5, 5.41) is 3.60. The summed E-state index contributed by atoms with van der Waals surface area (Å²) in [6.07, 6.45) is 4.72. The van der Waals surface area contributed by atoms with Crippen LogP contribution in [0.4, 0.5) is 0 Å². The van der Waals surface area contributed by atoms with Crippen molar-refractivity contribution < 1.29 is 14.3 Å². The van der Waals surface area contributed by atoms with E-state index in [0.29, 0.717) is 28.1 Å². The van der Waals surface area contributed by atoms with Gasteiger partial charge in [0, 0.05) is 24.2 Å². The maximum Gasteiger partial charge on any atom is 0.251 e. The van der Waals surface area contributed by atoms with Crippen molar-refractivity contribution >= 4 is 17.5 Å². The topological polar surface area (TPSA) is 50.8 Å². The molecule has 3 aliphatic heterocycles. The van der Waals surface area contributed by atoms with E-state index in [1.807, 2.05) is 0 Å². The van der Waals surface area contributed by atoms with Crippen LogP contribution in [0.3, 0.4) is 0 Å². The molecular weight excluding hydrogens is 304 g/mol. The van der Waals surface area contributed by atoms with Crippen molar-refractivity contribution in [3.63, 3.8) is 0 Å². The Labute approximate surface area is 134 Å². The first-order valence-electron chi connectivity index (χ1n) is 7.86. The number of carbonyl (C=O) groups excluding carboxylic acids is 1. The summed E-state index contributed by atoms with van der Waals surface area (Å²) >= 11 is 6.15. The predicted octanol–water partition coefficient (Wildman–Crippen LogP) is 2.43. The Hall–Kier alpha value is -1.46. The lowest BCUT2D eigenvalue weighted by Crippen LogP contribution is -2.46. The monoisotopic (exact) mass is 322 g/mol. The molecule has 3 aliphatic rings. The number of carbonyl (C=O) groups is 1. The van der Waals surface area contributed by atoms with Crippen LogP contribution in [-0.4, -0.2) is 42.8 Å². The van der Waals surface area contributed by atoms with Gasteiger partial charge in [0.1, 0.15) is 0 Å². The summed E-state index contributed by atoms with van der Waals surface area (Å²) in [6.45, 7) is 2.39. The minimum Gasteiger partial charge on any atom is -0.454 e. The minimum absolute atomic E-state index is 0.0855. The summed E-state index contributed by atoms with van der Waals surface area (Å²) in [4.78, 5) is 15.0. The minimum atomic E-state index is -0.0855. The molecule has 3 heterocycles. The lowest BCUT2D eigenvalue weighted by molar-refractivity contribution is 0.0915. The molecule has 0 unspecified atom stereocenters. The van der Waals surface area contributed by atoms with Crippen LogP contribution >= 0.6 is 11.6 Å². The average molecular weight is 323 g/mol. The van der Waals surface area contributed by atoms with Gasteiger partial charge < -0.3 is 14.8 Å². The highest BCUT2D eigenvalue weighted by atomic mass is 35.5. The number of benzene rings is 1. The van der Waals surface area contributed by atoms with E-state index in [2.05, 4.69) is 10.2 Å². The van der Waals surface area contributed by atoms with Crippen molar-refractivity contribution in [2.24, 2.45) is 0 Å². The van der Waals surface area contributed by atoms with Gasteiger partial charge in [-0.05, 0) is 37.9 Å². The van der Waals surface area contributed by atoms with Gasteiger partial charge in [-0.15, -0.1) is 0 Å². The molecule has 0 spiro atoms. The summed E-state index contributed by atoms with van der Waals surface area (Å²) in [5.74, 6) is 0.985. The van der Waals surface area contributed by atoms with Crippen LogP contribution in [0.25, 0.3) is 0 Å². The Morgan fingerprint density at radius 3 is 3.05 bits per heavy atom. The normalized spacial score (nSPS) is 26.8. The molecule has 2 saturated heterocycles. The van der Waals surface area contributed by atoms with Gasteiger partial charge in [0.25, 0.3) is 5.91 Å². The molecular formula is C16H19ClN2O3. The third-order valence-corrected chi connectivity index (χ3v) is 5.14. The van der Waals surface area contributed by atoms with Crippen LogP contribution in [0, 0.1) is 0 Å². The smallest absolute Gasteiger partial charge is 0.251 e. The Morgan fingerprint density at radius 1 is 1.23 bits per heavy atom. The van der Waals surface area contributed by atoms with Crippen LogP contribution in [0.2, 0.25) is 5.02 Å². The zero-order valence-electron chi connectivity index (χ0n) is 12.3. The fourth-order valence-electron chi connectivity index (χ4n) is 3.77. The maximum atomic E-state index is 12.5. The van der Waals surface area contributed by atoms with Crippen LogP contribution in [0.1, 0.15) is 36.0 Å². The lowest BCUT2D eigenvalue weighted by Gasteiger charge is -2.32. The maximum absolute atomic E-state index is 12.5. The number of rotatable bonds is 2. The summed E-state index contributed by atoms with van der Waals surface area (Å²) in [6, 6.07) is 4.08. The number of hydrogen-bond acceptors (Lipinski definition) is 4. The number of amides is 1. The van der Waals surface area contributed by atoms with Crippen LogP contribution in [0.5, 0.6) is 11.5 Å². The highest BCUT2D eigenvalue weighted by molar-refractivity contribution is 6.32. The van der Waals surface area contributed by atoms with E-state index in [-0.39, 0.29) is 18.7 Å². The number of nitrogens with one attached hydrogen (secondary N) is 1. The Bertz CT molecular complexity index is 607. The van der Waals surface area contributed by atoms with E-state index in [9.17, 15) is 4.79 Å². The molecule has 22 heavy (non-hydrogen) atoms. The molecule has 2 fully saturated rings. The second kappa shape index (κ2) is 5.63. The first kappa shape index (κ1) is 14.2. The molecule has 1 aromatic carbocycles. The zero-order chi connectivity index (χ0) is 15.1. The van der Waals surface area contributed by atoms with E-state index in [0.717, 1.165) is 19.5 Å². The molecule has 4 rings (SSSR count). The average Bonchev–Trinajstić information content (AvgIpc) is 3.15. The van der Waals surface area contributed by atoms with E-state index in [1.165, 1.54) is 19.3 Å². The number of nitrogens with zero attached hydrogens (tertiary/aromatic N) is 1. The molecule has 0 saturated carbocycles. The second-order valence-corrected chi connectivity index (χ2v) is 6.57. The van der Waals surface area contributed by atoms with Gasteiger partial charge in [0.15, 0.2) is 11.5 Å². The highest BCUT2D eigenvalue weighted by Crippen LogP contribution is 2.39.